The van der Waals surface area contributed by atoms with Gasteiger partial charge in [0, 0.05) is 11.6 Å². The Labute approximate surface area is 214 Å². The fourth-order valence-electron chi connectivity index (χ4n) is 3.04. The van der Waals surface area contributed by atoms with Crippen LogP contribution in [0.3, 0.4) is 0 Å². The lowest BCUT2D eigenvalue weighted by Gasteiger charge is -2.22. The smallest absolute Gasteiger partial charge is 0.255 e. The zero-order valence-corrected chi connectivity index (χ0v) is 20.9. The average molecular weight is 532 g/mol. The van der Waals surface area contributed by atoms with Crippen LogP contribution in [0.25, 0.3) is 0 Å². The highest BCUT2D eigenvalue weighted by atomic mass is 35.5. The van der Waals surface area contributed by atoms with E-state index in [9.17, 15) is 13.2 Å². The number of benzene rings is 3. The summed E-state index contributed by atoms with van der Waals surface area (Å²) in [6, 6.07) is 20.1. The van der Waals surface area contributed by atoms with Crippen LogP contribution in [-0.2, 0) is 21.4 Å². The molecule has 0 aromatic heterocycles. The van der Waals surface area contributed by atoms with E-state index < -0.39 is 22.5 Å². The fraction of sp³-hybridized carbons (Fsp3) is 0.120. The number of hydrogen-bond donors (Lipinski definition) is 1. The molecule has 0 saturated heterocycles. The van der Waals surface area contributed by atoms with E-state index >= 15 is 0 Å². The number of nitrogens with zero attached hydrogens (tertiary/aromatic N) is 2. The first kappa shape index (κ1) is 26.4. The van der Waals surface area contributed by atoms with E-state index in [2.05, 4.69) is 17.1 Å². The molecule has 182 valence electrons. The van der Waals surface area contributed by atoms with Crippen LogP contribution in [0.15, 0.2) is 95.4 Å². The minimum absolute atomic E-state index is 0.00412. The van der Waals surface area contributed by atoms with Crippen molar-refractivity contribution in [2.45, 2.75) is 11.4 Å². The molecule has 0 aliphatic carbocycles. The third-order valence-electron chi connectivity index (χ3n) is 4.66. The monoisotopic (exact) mass is 531 g/mol. The van der Waals surface area contributed by atoms with Crippen LogP contribution in [0.4, 0.5) is 0 Å². The minimum Gasteiger partial charge on any atom is -0.490 e. The Morgan fingerprint density at radius 3 is 2.57 bits per heavy atom. The number of halogens is 2. The first-order valence-electron chi connectivity index (χ1n) is 10.4. The third kappa shape index (κ3) is 7.66. The molecule has 0 spiro atoms. The Balaban J connectivity index is 1.77. The summed E-state index contributed by atoms with van der Waals surface area (Å²) >= 11 is 12.2. The predicted molar refractivity (Wildman–Crippen MR) is 138 cm³/mol. The molecule has 0 fully saturated rings. The standard InChI is InChI=1S/C25H23Cl2N3O4S/c1-2-13-34-22-10-6-9-20(14-22)16-28-29-25(31)18-30(17-19-7-4-3-5-8-19)35(32,33)24-15-21(26)11-12-23(24)27/h2-12,14-16H,1,13,17-18H2,(H,29,31)/b28-16-. The maximum absolute atomic E-state index is 13.4. The molecule has 35 heavy (non-hydrogen) atoms. The van der Waals surface area contributed by atoms with Gasteiger partial charge in [0.2, 0.25) is 10.0 Å². The molecular formula is C25H23Cl2N3O4S. The van der Waals surface area contributed by atoms with Crippen LogP contribution in [0.5, 0.6) is 5.75 Å². The molecule has 0 radical (unpaired) electrons. The van der Waals surface area contributed by atoms with Crippen molar-refractivity contribution < 1.29 is 17.9 Å². The summed E-state index contributed by atoms with van der Waals surface area (Å²) in [6.45, 7) is 3.43. The van der Waals surface area contributed by atoms with Gasteiger partial charge in [-0.25, -0.2) is 13.8 Å². The number of hydrogen-bond acceptors (Lipinski definition) is 5. The molecule has 0 aliphatic rings. The highest BCUT2D eigenvalue weighted by Crippen LogP contribution is 2.28. The normalized spacial score (nSPS) is 11.5. The highest BCUT2D eigenvalue weighted by Gasteiger charge is 2.29. The van der Waals surface area contributed by atoms with Crippen LogP contribution in [0, 0.1) is 0 Å². The second-order valence-corrected chi connectivity index (χ2v) is 10.0. The molecule has 10 heteroatoms. The minimum atomic E-state index is -4.16. The zero-order valence-electron chi connectivity index (χ0n) is 18.6. The quantitative estimate of drug-likeness (QED) is 0.216. The lowest BCUT2D eigenvalue weighted by molar-refractivity contribution is -0.121. The van der Waals surface area contributed by atoms with Gasteiger partial charge >= 0.3 is 0 Å². The number of carbonyl (C=O) groups is 1. The molecule has 1 N–H and O–H groups in total. The van der Waals surface area contributed by atoms with Crippen molar-refractivity contribution in [3.8, 4) is 5.75 Å². The molecule has 0 bridgehead atoms. The van der Waals surface area contributed by atoms with Gasteiger partial charge in [-0.05, 0) is 41.5 Å². The van der Waals surface area contributed by atoms with E-state index in [4.69, 9.17) is 27.9 Å². The maximum Gasteiger partial charge on any atom is 0.255 e. The second kappa shape index (κ2) is 12.5. The molecule has 3 rings (SSSR count). The van der Waals surface area contributed by atoms with Crippen LogP contribution < -0.4 is 10.2 Å². The molecule has 3 aromatic carbocycles. The van der Waals surface area contributed by atoms with E-state index in [1.165, 1.54) is 24.4 Å². The van der Waals surface area contributed by atoms with Crippen molar-refractivity contribution >= 4 is 45.3 Å². The van der Waals surface area contributed by atoms with E-state index in [0.29, 0.717) is 23.5 Å². The van der Waals surface area contributed by atoms with E-state index in [1.807, 2.05) is 6.07 Å². The molecule has 3 aromatic rings. The SMILES string of the molecule is C=CCOc1cccc(/C=N\NC(=O)CN(Cc2ccccc2)S(=O)(=O)c2cc(Cl)ccc2Cl)c1. The summed E-state index contributed by atoms with van der Waals surface area (Å²) in [5.41, 5.74) is 3.75. The van der Waals surface area contributed by atoms with Crippen LogP contribution in [-0.4, -0.2) is 38.0 Å². The van der Waals surface area contributed by atoms with Crippen molar-refractivity contribution in [1.82, 2.24) is 9.73 Å². The van der Waals surface area contributed by atoms with E-state index in [1.54, 1.807) is 54.6 Å². The topological polar surface area (TPSA) is 88.1 Å². The molecular weight excluding hydrogens is 509 g/mol. The Hall–Kier alpha value is -3.17. The number of carbonyl (C=O) groups excluding carboxylic acids is 1. The largest absolute Gasteiger partial charge is 0.490 e. The zero-order chi connectivity index (χ0) is 25.3. The van der Waals surface area contributed by atoms with Crippen molar-refractivity contribution in [2.24, 2.45) is 5.10 Å². The van der Waals surface area contributed by atoms with Crippen LogP contribution >= 0.6 is 23.2 Å². The first-order chi connectivity index (χ1) is 16.8. The summed E-state index contributed by atoms with van der Waals surface area (Å²) < 4.78 is 33.3. The van der Waals surface area contributed by atoms with E-state index in [-0.39, 0.29) is 21.5 Å². The van der Waals surface area contributed by atoms with Gasteiger partial charge < -0.3 is 4.74 Å². The van der Waals surface area contributed by atoms with Crippen LogP contribution in [0.2, 0.25) is 10.0 Å². The summed E-state index contributed by atoms with van der Waals surface area (Å²) in [5, 5.41) is 4.15. The summed E-state index contributed by atoms with van der Waals surface area (Å²) in [7, 11) is -4.16. The number of ether oxygens (including phenoxy) is 1. The van der Waals surface area contributed by atoms with Gasteiger partial charge in [-0.3, -0.25) is 4.79 Å². The number of nitrogens with one attached hydrogen (secondary N) is 1. The summed E-state index contributed by atoms with van der Waals surface area (Å²) in [5.74, 6) is -0.00308. The van der Waals surface area contributed by atoms with Crippen molar-refractivity contribution in [3.63, 3.8) is 0 Å². The molecule has 7 nitrogen and oxygen atoms in total. The Bertz CT molecular complexity index is 1320. The van der Waals surface area contributed by atoms with Gasteiger partial charge in [0.25, 0.3) is 5.91 Å². The molecule has 0 heterocycles. The molecule has 0 unspecified atom stereocenters. The number of rotatable bonds is 11. The second-order valence-electron chi connectivity index (χ2n) is 7.30. The van der Waals surface area contributed by atoms with Crippen molar-refractivity contribution in [1.29, 1.82) is 0 Å². The number of amides is 1. The Morgan fingerprint density at radius 2 is 1.83 bits per heavy atom. The third-order valence-corrected chi connectivity index (χ3v) is 7.17. The number of hydrazone groups is 1. The lowest BCUT2D eigenvalue weighted by atomic mass is 10.2. The fourth-order valence-corrected chi connectivity index (χ4v) is 5.16. The number of sulfonamides is 1. The summed E-state index contributed by atoms with van der Waals surface area (Å²) in [4.78, 5) is 12.5. The average Bonchev–Trinajstić information content (AvgIpc) is 2.84. The molecule has 0 saturated carbocycles. The van der Waals surface area contributed by atoms with Gasteiger partial charge in [-0.2, -0.15) is 9.41 Å². The van der Waals surface area contributed by atoms with Gasteiger partial charge in [0.15, 0.2) is 0 Å². The van der Waals surface area contributed by atoms with Gasteiger partial charge in [-0.1, -0.05) is 78.3 Å². The van der Waals surface area contributed by atoms with Gasteiger partial charge in [0.05, 0.1) is 17.8 Å². The Kier molecular flexibility index (Phi) is 9.45. The first-order valence-corrected chi connectivity index (χ1v) is 12.6. The van der Waals surface area contributed by atoms with E-state index in [0.717, 1.165) is 4.31 Å². The molecule has 1 amide bonds. The molecule has 0 atom stereocenters. The maximum atomic E-state index is 13.4. The molecule has 0 aliphatic heterocycles. The lowest BCUT2D eigenvalue weighted by Crippen LogP contribution is -2.39. The van der Waals surface area contributed by atoms with Gasteiger partial charge in [0.1, 0.15) is 17.3 Å². The van der Waals surface area contributed by atoms with Crippen molar-refractivity contribution in [3.05, 3.63) is 107 Å². The highest BCUT2D eigenvalue weighted by molar-refractivity contribution is 7.89. The Morgan fingerprint density at radius 1 is 1.06 bits per heavy atom. The van der Waals surface area contributed by atoms with Crippen molar-refractivity contribution in [2.75, 3.05) is 13.2 Å². The van der Waals surface area contributed by atoms with Crippen LogP contribution in [0.1, 0.15) is 11.1 Å². The predicted octanol–water partition coefficient (Wildman–Crippen LogP) is 4.90. The van der Waals surface area contributed by atoms with Gasteiger partial charge in [-0.15, -0.1) is 0 Å². The summed E-state index contributed by atoms with van der Waals surface area (Å²) in [6.07, 6.45) is 3.06.